The number of piperidine rings is 1. The Kier molecular flexibility index (Phi) is 2.74. The molecule has 3 heteroatoms. The van der Waals surface area contributed by atoms with Gasteiger partial charge in [-0.1, -0.05) is 13.3 Å². The van der Waals surface area contributed by atoms with Crippen LogP contribution in [0.3, 0.4) is 0 Å². The van der Waals surface area contributed by atoms with Crippen molar-refractivity contribution < 1.29 is 0 Å². The molecule has 1 saturated heterocycles. The molecule has 1 aliphatic rings. The SMILES string of the molecule is CCC1CCCN(C(=N)N)C1. The lowest BCUT2D eigenvalue weighted by atomic mass is 9.96. The van der Waals surface area contributed by atoms with Crippen molar-refractivity contribution in [2.24, 2.45) is 11.7 Å². The molecule has 1 unspecified atom stereocenters. The molecule has 0 aromatic carbocycles. The highest BCUT2D eigenvalue weighted by atomic mass is 15.2. The van der Waals surface area contributed by atoms with E-state index in [1.165, 1.54) is 19.3 Å². The van der Waals surface area contributed by atoms with Crippen LogP contribution in [0, 0.1) is 11.3 Å². The van der Waals surface area contributed by atoms with E-state index in [0.717, 1.165) is 19.0 Å². The first kappa shape index (κ1) is 8.37. The van der Waals surface area contributed by atoms with E-state index in [0.29, 0.717) is 0 Å². The molecule has 1 heterocycles. The lowest BCUT2D eigenvalue weighted by Gasteiger charge is -2.32. The Morgan fingerprint density at radius 3 is 3.00 bits per heavy atom. The van der Waals surface area contributed by atoms with Gasteiger partial charge in [-0.05, 0) is 18.8 Å². The Balaban J connectivity index is 2.39. The summed E-state index contributed by atoms with van der Waals surface area (Å²) in [6, 6.07) is 0. The summed E-state index contributed by atoms with van der Waals surface area (Å²) in [6.45, 7) is 4.17. The lowest BCUT2D eigenvalue weighted by Crippen LogP contribution is -2.43. The van der Waals surface area contributed by atoms with Crippen molar-refractivity contribution in [1.29, 1.82) is 5.41 Å². The molecule has 3 nitrogen and oxygen atoms in total. The molecule has 11 heavy (non-hydrogen) atoms. The molecule has 3 N–H and O–H groups in total. The fourth-order valence-electron chi connectivity index (χ4n) is 1.62. The quantitative estimate of drug-likeness (QED) is 0.438. The number of hydrogen-bond acceptors (Lipinski definition) is 1. The number of guanidine groups is 1. The largest absolute Gasteiger partial charge is 0.370 e. The fourth-order valence-corrected chi connectivity index (χ4v) is 1.62. The standard InChI is InChI=1S/C8H17N3/c1-2-7-4-3-5-11(6-7)8(9)10/h7H,2-6H2,1H3,(H3,9,10). The number of hydrogen-bond donors (Lipinski definition) is 2. The first-order valence-corrected chi connectivity index (χ1v) is 4.33. The van der Waals surface area contributed by atoms with Crippen LogP contribution in [0.2, 0.25) is 0 Å². The van der Waals surface area contributed by atoms with Gasteiger partial charge < -0.3 is 10.6 Å². The minimum Gasteiger partial charge on any atom is -0.370 e. The van der Waals surface area contributed by atoms with Gasteiger partial charge in [0.2, 0.25) is 0 Å². The Hall–Kier alpha value is -0.730. The van der Waals surface area contributed by atoms with Gasteiger partial charge in [-0.15, -0.1) is 0 Å². The second kappa shape index (κ2) is 3.60. The van der Waals surface area contributed by atoms with Gasteiger partial charge in [-0.3, -0.25) is 5.41 Å². The Morgan fingerprint density at radius 1 is 1.73 bits per heavy atom. The van der Waals surface area contributed by atoms with Gasteiger partial charge in [0.05, 0.1) is 0 Å². The van der Waals surface area contributed by atoms with Crippen molar-refractivity contribution in [3.8, 4) is 0 Å². The van der Waals surface area contributed by atoms with Crippen LogP contribution < -0.4 is 5.73 Å². The van der Waals surface area contributed by atoms with Crippen LogP contribution in [0.25, 0.3) is 0 Å². The van der Waals surface area contributed by atoms with Crippen molar-refractivity contribution >= 4 is 5.96 Å². The first-order valence-electron chi connectivity index (χ1n) is 4.33. The van der Waals surface area contributed by atoms with Crippen LogP contribution in [0.15, 0.2) is 0 Å². The second-order valence-electron chi connectivity index (χ2n) is 3.25. The molecule has 0 spiro atoms. The van der Waals surface area contributed by atoms with E-state index in [4.69, 9.17) is 11.1 Å². The number of nitrogens with one attached hydrogen (secondary N) is 1. The molecule has 0 saturated carbocycles. The van der Waals surface area contributed by atoms with Crippen LogP contribution in [0.1, 0.15) is 26.2 Å². The fraction of sp³-hybridized carbons (Fsp3) is 0.875. The molecule has 0 amide bonds. The third kappa shape index (κ3) is 2.10. The second-order valence-corrected chi connectivity index (χ2v) is 3.25. The zero-order valence-electron chi connectivity index (χ0n) is 7.14. The normalized spacial score (nSPS) is 25.2. The van der Waals surface area contributed by atoms with Crippen LogP contribution >= 0.6 is 0 Å². The average molecular weight is 155 g/mol. The molecule has 1 rings (SSSR count). The third-order valence-corrected chi connectivity index (χ3v) is 2.44. The predicted octanol–water partition coefficient (Wildman–Crippen LogP) is 1.00. The van der Waals surface area contributed by atoms with Gasteiger partial charge in [0.1, 0.15) is 0 Å². The van der Waals surface area contributed by atoms with E-state index in [-0.39, 0.29) is 5.96 Å². The number of nitrogens with two attached hydrogens (primary N) is 1. The summed E-state index contributed by atoms with van der Waals surface area (Å²) in [5.74, 6) is 0.996. The highest BCUT2D eigenvalue weighted by molar-refractivity contribution is 5.74. The molecule has 0 bridgehead atoms. The Morgan fingerprint density at radius 2 is 2.45 bits per heavy atom. The highest BCUT2D eigenvalue weighted by Crippen LogP contribution is 2.18. The van der Waals surface area contributed by atoms with Gasteiger partial charge in [0.25, 0.3) is 0 Å². The van der Waals surface area contributed by atoms with Gasteiger partial charge in [0, 0.05) is 13.1 Å². The van der Waals surface area contributed by atoms with Crippen LogP contribution in [-0.2, 0) is 0 Å². The van der Waals surface area contributed by atoms with Gasteiger partial charge in [0.15, 0.2) is 5.96 Å². The molecule has 1 atom stereocenters. The maximum Gasteiger partial charge on any atom is 0.188 e. The Bertz CT molecular complexity index is 144. The zero-order chi connectivity index (χ0) is 8.27. The minimum atomic E-state index is 0.239. The third-order valence-electron chi connectivity index (χ3n) is 2.44. The smallest absolute Gasteiger partial charge is 0.188 e. The number of likely N-dealkylation sites (tertiary alicyclic amines) is 1. The summed E-state index contributed by atoms with van der Waals surface area (Å²) < 4.78 is 0. The van der Waals surface area contributed by atoms with Crippen molar-refractivity contribution in [2.45, 2.75) is 26.2 Å². The molecular weight excluding hydrogens is 138 g/mol. The molecule has 1 aliphatic heterocycles. The van der Waals surface area contributed by atoms with E-state index >= 15 is 0 Å². The van der Waals surface area contributed by atoms with Crippen LogP contribution in [0.5, 0.6) is 0 Å². The Labute approximate surface area is 68.1 Å². The average Bonchev–Trinajstić information content (AvgIpc) is 2.05. The topological polar surface area (TPSA) is 53.1 Å². The van der Waals surface area contributed by atoms with Crippen LogP contribution in [-0.4, -0.2) is 23.9 Å². The van der Waals surface area contributed by atoms with E-state index < -0.39 is 0 Å². The van der Waals surface area contributed by atoms with Crippen molar-refractivity contribution in [2.75, 3.05) is 13.1 Å². The predicted molar refractivity (Wildman–Crippen MR) is 46.5 cm³/mol. The van der Waals surface area contributed by atoms with Crippen molar-refractivity contribution in [3.63, 3.8) is 0 Å². The lowest BCUT2D eigenvalue weighted by molar-refractivity contribution is 0.250. The van der Waals surface area contributed by atoms with Crippen molar-refractivity contribution in [1.82, 2.24) is 4.90 Å². The number of nitrogens with zero attached hydrogens (tertiary/aromatic N) is 1. The maximum atomic E-state index is 7.26. The molecule has 0 radical (unpaired) electrons. The highest BCUT2D eigenvalue weighted by Gasteiger charge is 2.18. The van der Waals surface area contributed by atoms with E-state index in [9.17, 15) is 0 Å². The summed E-state index contributed by atoms with van der Waals surface area (Å²) in [5, 5.41) is 7.26. The summed E-state index contributed by atoms with van der Waals surface area (Å²) in [4.78, 5) is 1.97. The summed E-state index contributed by atoms with van der Waals surface area (Å²) in [5.41, 5.74) is 5.39. The molecule has 64 valence electrons. The zero-order valence-corrected chi connectivity index (χ0v) is 7.14. The van der Waals surface area contributed by atoms with Crippen LogP contribution in [0.4, 0.5) is 0 Å². The monoisotopic (exact) mass is 155 g/mol. The first-order chi connectivity index (χ1) is 5.24. The summed E-state index contributed by atoms with van der Waals surface area (Å²) in [7, 11) is 0. The summed E-state index contributed by atoms with van der Waals surface area (Å²) >= 11 is 0. The molecular formula is C8H17N3. The molecule has 0 aliphatic carbocycles. The van der Waals surface area contributed by atoms with Gasteiger partial charge >= 0.3 is 0 Å². The summed E-state index contributed by atoms with van der Waals surface area (Å²) in [6.07, 6.45) is 3.71. The van der Waals surface area contributed by atoms with Gasteiger partial charge in [-0.25, -0.2) is 0 Å². The van der Waals surface area contributed by atoms with Crippen molar-refractivity contribution in [3.05, 3.63) is 0 Å². The number of rotatable bonds is 1. The molecule has 1 fully saturated rings. The van der Waals surface area contributed by atoms with E-state index in [1.807, 2.05) is 4.90 Å². The van der Waals surface area contributed by atoms with E-state index in [1.54, 1.807) is 0 Å². The van der Waals surface area contributed by atoms with Gasteiger partial charge in [-0.2, -0.15) is 0 Å². The maximum absolute atomic E-state index is 7.26. The minimum absolute atomic E-state index is 0.239. The molecule has 0 aromatic rings. The van der Waals surface area contributed by atoms with E-state index in [2.05, 4.69) is 6.92 Å². The molecule has 0 aromatic heterocycles.